The topological polar surface area (TPSA) is 29.5 Å². The Bertz CT molecular complexity index is 609. The molecule has 2 nitrogen and oxygen atoms in total. The number of rotatable bonds is 1. The zero-order valence-electron chi connectivity index (χ0n) is 10.6. The average molecular weight is 258 g/mol. The predicted octanol–water partition coefficient (Wildman–Crippen LogP) is 3.69. The summed E-state index contributed by atoms with van der Waals surface area (Å²) in [5.41, 5.74) is 2.31. The van der Waals surface area contributed by atoms with E-state index in [0.29, 0.717) is 17.7 Å². The number of aliphatic hydroxyl groups is 1. The van der Waals surface area contributed by atoms with Gasteiger partial charge in [0.1, 0.15) is 17.7 Å². The minimum atomic E-state index is -0.541. The van der Waals surface area contributed by atoms with E-state index >= 15 is 0 Å². The highest BCUT2D eigenvalue weighted by molar-refractivity contribution is 5.38. The van der Waals surface area contributed by atoms with Crippen LogP contribution in [-0.4, -0.2) is 5.11 Å². The molecule has 2 aromatic carbocycles. The van der Waals surface area contributed by atoms with Crippen molar-refractivity contribution in [3.05, 3.63) is 65.0 Å². The zero-order chi connectivity index (χ0) is 13.4. The van der Waals surface area contributed by atoms with Gasteiger partial charge < -0.3 is 9.84 Å². The van der Waals surface area contributed by atoms with Crippen molar-refractivity contribution in [2.24, 2.45) is 0 Å². The molecule has 0 amide bonds. The molecule has 0 saturated heterocycles. The van der Waals surface area contributed by atoms with Gasteiger partial charge in [-0.25, -0.2) is 4.39 Å². The second-order valence-corrected chi connectivity index (χ2v) is 4.90. The van der Waals surface area contributed by atoms with Gasteiger partial charge in [-0.05, 0) is 36.2 Å². The van der Waals surface area contributed by atoms with Gasteiger partial charge in [0, 0.05) is 12.0 Å². The van der Waals surface area contributed by atoms with Gasteiger partial charge in [0.25, 0.3) is 0 Å². The lowest BCUT2D eigenvalue weighted by molar-refractivity contribution is 0.0657. The second kappa shape index (κ2) is 4.67. The highest BCUT2D eigenvalue weighted by Crippen LogP contribution is 2.40. The van der Waals surface area contributed by atoms with E-state index in [9.17, 15) is 9.50 Å². The van der Waals surface area contributed by atoms with Crippen LogP contribution in [0.1, 0.15) is 35.3 Å². The number of aliphatic hydroxyl groups excluding tert-OH is 1. The Morgan fingerprint density at radius 1 is 1.21 bits per heavy atom. The summed E-state index contributed by atoms with van der Waals surface area (Å²) in [6.07, 6.45) is -0.285. The first-order chi connectivity index (χ1) is 9.15. The number of hydrogen-bond acceptors (Lipinski definition) is 2. The maximum atomic E-state index is 13.3. The molecule has 0 radical (unpaired) electrons. The van der Waals surface area contributed by atoms with Gasteiger partial charge in [-0.1, -0.05) is 24.3 Å². The largest absolute Gasteiger partial charge is 0.485 e. The van der Waals surface area contributed by atoms with Crippen LogP contribution in [0.2, 0.25) is 0 Å². The first-order valence-electron chi connectivity index (χ1n) is 6.35. The van der Waals surface area contributed by atoms with Crippen molar-refractivity contribution in [1.82, 2.24) is 0 Å². The fourth-order valence-electron chi connectivity index (χ4n) is 2.47. The maximum Gasteiger partial charge on any atom is 0.127 e. The SMILES string of the molecule is Cc1cc(C2C[C@@H](O)c3ccccc3O2)ccc1F. The van der Waals surface area contributed by atoms with Crippen molar-refractivity contribution in [1.29, 1.82) is 0 Å². The monoisotopic (exact) mass is 258 g/mol. The number of aryl methyl sites for hydroxylation is 1. The smallest absolute Gasteiger partial charge is 0.127 e. The molecule has 2 aromatic rings. The summed E-state index contributed by atoms with van der Waals surface area (Å²) in [5.74, 6) is 0.480. The zero-order valence-corrected chi connectivity index (χ0v) is 10.6. The van der Waals surface area contributed by atoms with Crippen LogP contribution in [-0.2, 0) is 0 Å². The number of halogens is 1. The van der Waals surface area contributed by atoms with E-state index < -0.39 is 6.10 Å². The number of fused-ring (bicyclic) bond motifs is 1. The van der Waals surface area contributed by atoms with Crippen molar-refractivity contribution < 1.29 is 14.2 Å². The standard InChI is InChI=1S/C16H15FO2/c1-10-8-11(6-7-13(10)17)16-9-14(18)12-4-2-3-5-15(12)19-16/h2-8,14,16,18H,9H2,1H3/t14-,16?/m1/s1. The van der Waals surface area contributed by atoms with Crippen LogP contribution < -0.4 is 4.74 Å². The van der Waals surface area contributed by atoms with Crippen molar-refractivity contribution in [3.8, 4) is 5.75 Å². The van der Waals surface area contributed by atoms with Crippen LogP contribution in [0.4, 0.5) is 4.39 Å². The molecule has 0 bridgehead atoms. The molecule has 1 heterocycles. The second-order valence-electron chi connectivity index (χ2n) is 4.90. The Kier molecular flexibility index (Phi) is 2.99. The Morgan fingerprint density at radius 3 is 2.79 bits per heavy atom. The summed E-state index contributed by atoms with van der Waals surface area (Å²) in [6.45, 7) is 1.73. The molecular weight excluding hydrogens is 243 g/mol. The minimum Gasteiger partial charge on any atom is -0.485 e. The van der Waals surface area contributed by atoms with Crippen molar-refractivity contribution in [2.75, 3.05) is 0 Å². The molecule has 0 saturated carbocycles. The van der Waals surface area contributed by atoms with E-state index in [1.54, 1.807) is 19.1 Å². The molecule has 19 heavy (non-hydrogen) atoms. The fraction of sp³-hybridized carbons (Fsp3) is 0.250. The summed E-state index contributed by atoms with van der Waals surface area (Å²) in [4.78, 5) is 0. The van der Waals surface area contributed by atoms with E-state index in [2.05, 4.69) is 0 Å². The van der Waals surface area contributed by atoms with Crippen molar-refractivity contribution >= 4 is 0 Å². The van der Waals surface area contributed by atoms with Gasteiger partial charge in [-0.15, -0.1) is 0 Å². The molecule has 2 atom stereocenters. The van der Waals surface area contributed by atoms with Gasteiger partial charge in [-0.2, -0.15) is 0 Å². The van der Waals surface area contributed by atoms with Crippen LogP contribution in [0, 0.1) is 12.7 Å². The summed E-state index contributed by atoms with van der Waals surface area (Å²) in [5, 5.41) is 10.2. The molecule has 1 unspecified atom stereocenters. The summed E-state index contributed by atoms with van der Waals surface area (Å²) >= 11 is 0. The fourth-order valence-corrected chi connectivity index (χ4v) is 2.47. The number of benzene rings is 2. The third kappa shape index (κ3) is 2.22. The first kappa shape index (κ1) is 12.2. The molecule has 1 aliphatic rings. The van der Waals surface area contributed by atoms with E-state index in [1.165, 1.54) is 6.07 Å². The number of para-hydroxylation sites is 1. The number of ether oxygens (including phenoxy) is 1. The van der Waals surface area contributed by atoms with E-state index in [4.69, 9.17) is 4.74 Å². The lowest BCUT2D eigenvalue weighted by Gasteiger charge is -2.30. The quantitative estimate of drug-likeness (QED) is 0.845. The summed E-state index contributed by atoms with van der Waals surface area (Å²) in [7, 11) is 0. The van der Waals surface area contributed by atoms with Crippen LogP contribution in [0.3, 0.4) is 0 Å². The van der Waals surface area contributed by atoms with Crippen molar-refractivity contribution in [3.63, 3.8) is 0 Å². The van der Waals surface area contributed by atoms with Gasteiger partial charge in [0.2, 0.25) is 0 Å². The molecule has 1 N–H and O–H groups in total. The Hall–Kier alpha value is -1.87. The molecular formula is C16H15FO2. The molecule has 3 rings (SSSR count). The molecule has 0 spiro atoms. The minimum absolute atomic E-state index is 0.222. The van der Waals surface area contributed by atoms with Gasteiger partial charge in [0.15, 0.2) is 0 Å². The van der Waals surface area contributed by atoms with Gasteiger partial charge in [-0.3, -0.25) is 0 Å². The summed E-state index contributed by atoms with van der Waals surface area (Å²) < 4.78 is 19.2. The van der Waals surface area contributed by atoms with Crippen LogP contribution in [0.15, 0.2) is 42.5 Å². The molecule has 0 aliphatic carbocycles. The Labute approximate surface area is 111 Å². The average Bonchev–Trinajstić information content (AvgIpc) is 2.42. The molecule has 1 aliphatic heterocycles. The maximum absolute atomic E-state index is 13.3. The normalized spacial score (nSPS) is 21.6. The van der Waals surface area contributed by atoms with Crippen LogP contribution in [0.25, 0.3) is 0 Å². The molecule has 0 aromatic heterocycles. The highest BCUT2D eigenvalue weighted by atomic mass is 19.1. The third-order valence-electron chi connectivity index (χ3n) is 3.54. The lowest BCUT2D eigenvalue weighted by Crippen LogP contribution is -2.19. The van der Waals surface area contributed by atoms with Gasteiger partial charge >= 0.3 is 0 Å². The Balaban J connectivity index is 1.94. The van der Waals surface area contributed by atoms with E-state index in [-0.39, 0.29) is 11.9 Å². The summed E-state index contributed by atoms with van der Waals surface area (Å²) in [6, 6.07) is 12.4. The molecule has 3 heteroatoms. The third-order valence-corrected chi connectivity index (χ3v) is 3.54. The van der Waals surface area contributed by atoms with Gasteiger partial charge in [0.05, 0.1) is 6.10 Å². The molecule has 98 valence electrons. The van der Waals surface area contributed by atoms with Crippen molar-refractivity contribution in [2.45, 2.75) is 25.6 Å². The van der Waals surface area contributed by atoms with Crippen LogP contribution in [0.5, 0.6) is 5.75 Å². The van der Waals surface area contributed by atoms with E-state index in [0.717, 1.165) is 11.1 Å². The van der Waals surface area contributed by atoms with Crippen LogP contribution >= 0.6 is 0 Å². The highest BCUT2D eigenvalue weighted by Gasteiger charge is 2.27. The Morgan fingerprint density at radius 2 is 2.00 bits per heavy atom. The number of hydrogen-bond donors (Lipinski definition) is 1. The first-order valence-corrected chi connectivity index (χ1v) is 6.35. The predicted molar refractivity (Wildman–Crippen MR) is 70.5 cm³/mol. The lowest BCUT2D eigenvalue weighted by atomic mass is 9.94. The van der Waals surface area contributed by atoms with E-state index in [1.807, 2.05) is 24.3 Å². The molecule has 0 fully saturated rings.